The molecule has 0 fully saturated rings. The highest BCUT2D eigenvalue weighted by atomic mass is 19.1. The van der Waals surface area contributed by atoms with Gasteiger partial charge in [-0.2, -0.15) is 0 Å². The normalized spacial score (nSPS) is 11.5. The summed E-state index contributed by atoms with van der Waals surface area (Å²) in [6.45, 7) is 2.64. The van der Waals surface area contributed by atoms with Gasteiger partial charge in [-0.1, -0.05) is 0 Å². The molecule has 9 heteroatoms. The molecule has 0 atom stereocenters. The zero-order valence-corrected chi connectivity index (χ0v) is 14.3. The summed E-state index contributed by atoms with van der Waals surface area (Å²) in [5.41, 5.74) is 0.110. The second kappa shape index (κ2) is 7.03. The molecule has 0 bridgehead atoms. The Morgan fingerprint density at radius 2 is 2.19 bits per heavy atom. The highest BCUT2D eigenvalue weighted by Gasteiger charge is 2.27. The van der Waals surface area contributed by atoms with E-state index < -0.39 is 18.0 Å². The molecule has 140 valence electrons. The summed E-state index contributed by atoms with van der Waals surface area (Å²) >= 11 is 0. The van der Waals surface area contributed by atoms with E-state index in [0.717, 1.165) is 6.20 Å². The number of halogens is 2. The zero-order chi connectivity index (χ0) is 18.7. The summed E-state index contributed by atoms with van der Waals surface area (Å²) in [7, 11) is 0. The lowest BCUT2D eigenvalue weighted by atomic mass is 10.0. The molecular formula is C17H22F2N6O. The van der Waals surface area contributed by atoms with Crippen molar-refractivity contribution in [2.45, 2.75) is 19.4 Å². The fraction of sp³-hybridized carbons (Fsp3) is 0.294. The van der Waals surface area contributed by atoms with Gasteiger partial charge in [-0.3, -0.25) is 4.79 Å². The number of nitrogens with one attached hydrogen (secondary N) is 3. The van der Waals surface area contributed by atoms with Crippen LogP contribution in [0.2, 0.25) is 0 Å². The quantitative estimate of drug-likeness (QED) is 0.625. The van der Waals surface area contributed by atoms with Gasteiger partial charge in [0.15, 0.2) is 5.82 Å². The molecule has 3 N–H and O–H groups in total. The molecule has 0 unspecified atom stereocenters. The van der Waals surface area contributed by atoms with E-state index in [-0.39, 0.29) is 15.3 Å². The van der Waals surface area contributed by atoms with Gasteiger partial charge in [0, 0.05) is 32.7 Å². The summed E-state index contributed by atoms with van der Waals surface area (Å²) in [6.07, 6.45) is 4.31. The van der Waals surface area contributed by atoms with Crippen molar-refractivity contribution in [2.75, 3.05) is 18.5 Å². The molecule has 0 radical (unpaired) electrons. The number of aromatic amines is 1. The van der Waals surface area contributed by atoms with E-state index in [4.69, 9.17) is 0 Å². The molecule has 1 amide bonds. The van der Waals surface area contributed by atoms with Crippen molar-refractivity contribution in [3.8, 4) is 11.4 Å². The van der Waals surface area contributed by atoms with Crippen LogP contribution in [0.1, 0.15) is 16.7 Å². The minimum absolute atomic E-state index is 0. The lowest BCUT2D eigenvalue weighted by Crippen LogP contribution is -2.48. The van der Waals surface area contributed by atoms with Gasteiger partial charge in [-0.25, -0.2) is 23.7 Å². The van der Waals surface area contributed by atoms with E-state index in [1.165, 1.54) is 12.3 Å². The molecule has 3 heterocycles. The van der Waals surface area contributed by atoms with Gasteiger partial charge in [-0.05, 0) is 26.0 Å². The minimum Gasteiger partial charge on any atom is -0.356 e. The van der Waals surface area contributed by atoms with Crippen LogP contribution in [0, 0.1) is 5.82 Å². The van der Waals surface area contributed by atoms with E-state index in [1.807, 2.05) is 0 Å². The Morgan fingerprint density at radius 3 is 2.96 bits per heavy atom. The van der Waals surface area contributed by atoms with Crippen LogP contribution in [-0.2, 0) is 4.79 Å². The molecule has 0 saturated carbocycles. The number of hydrogen-bond acceptors (Lipinski definition) is 5. The first-order valence-corrected chi connectivity index (χ1v) is 7.99. The lowest BCUT2D eigenvalue weighted by molar-refractivity contribution is -0.124. The number of anilines is 1. The number of rotatable bonds is 6. The maximum absolute atomic E-state index is 13.5. The summed E-state index contributed by atoms with van der Waals surface area (Å²) in [6, 6.07) is 2.97. The Hall–Kier alpha value is -3.10. The molecular weight excluding hydrogens is 342 g/mol. The Labute approximate surface area is 151 Å². The van der Waals surface area contributed by atoms with E-state index in [0.29, 0.717) is 28.2 Å². The molecule has 26 heavy (non-hydrogen) atoms. The van der Waals surface area contributed by atoms with Crippen LogP contribution in [0.3, 0.4) is 0 Å². The number of fused-ring (bicyclic) bond motifs is 1. The van der Waals surface area contributed by atoms with Crippen LogP contribution in [0.25, 0.3) is 22.4 Å². The Kier molecular flexibility index (Phi) is 4.79. The molecule has 0 saturated heterocycles. The van der Waals surface area contributed by atoms with Crippen LogP contribution < -0.4 is 10.6 Å². The van der Waals surface area contributed by atoms with Crippen molar-refractivity contribution in [1.29, 1.82) is 0 Å². The second-order valence-electron chi connectivity index (χ2n) is 6.21. The molecule has 3 aromatic rings. The summed E-state index contributed by atoms with van der Waals surface area (Å²) < 4.78 is 25.7. The number of carbonyl (C=O) groups excluding carboxylic acids is 1. The first-order chi connectivity index (χ1) is 12.4. The molecule has 0 aliphatic rings. The van der Waals surface area contributed by atoms with Gasteiger partial charge in [0.1, 0.15) is 29.5 Å². The SMILES string of the molecule is CC(C)(Nc1ccnc(-c2c[nH]c3ncc(F)cc23)n1)C(=O)NCCF.[HH].[HH]. The topological polar surface area (TPSA) is 95.6 Å². The average Bonchev–Trinajstić information content (AvgIpc) is 3.02. The minimum atomic E-state index is -1.01. The molecule has 3 aromatic heterocycles. The van der Waals surface area contributed by atoms with Crippen molar-refractivity contribution in [2.24, 2.45) is 0 Å². The summed E-state index contributed by atoms with van der Waals surface area (Å²) in [5, 5.41) is 6.05. The van der Waals surface area contributed by atoms with Gasteiger partial charge in [0.25, 0.3) is 0 Å². The van der Waals surface area contributed by atoms with E-state index in [9.17, 15) is 13.6 Å². The van der Waals surface area contributed by atoms with Crippen molar-refractivity contribution in [3.63, 3.8) is 0 Å². The van der Waals surface area contributed by atoms with E-state index >= 15 is 0 Å². The maximum atomic E-state index is 13.5. The third-order valence-electron chi connectivity index (χ3n) is 3.78. The number of nitrogens with zero attached hydrogens (tertiary/aromatic N) is 3. The van der Waals surface area contributed by atoms with Crippen molar-refractivity contribution in [1.82, 2.24) is 25.3 Å². The molecule has 0 aliphatic carbocycles. The fourth-order valence-electron chi connectivity index (χ4n) is 2.48. The van der Waals surface area contributed by atoms with Crippen molar-refractivity contribution in [3.05, 3.63) is 36.5 Å². The average molecular weight is 364 g/mol. The monoisotopic (exact) mass is 364 g/mol. The number of aromatic nitrogens is 4. The predicted molar refractivity (Wildman–Crippen MR) is 98.0 cm³/mol. The van der Waals surface area contributed by atoms with Crippen LogP contribution >= 0.6 is 0 Å². The first-order valence-electron chi connectivity index (χ1n) is 7.99. The third kappa shape index (κ3) is 3.61. The zero-order valence-electron chi connectivity index (χ0n) is 14.3. The smallest absolute Gasteiger partial charge is 0.245 e. The Morgan fingerprint density at radius 1 is 1.38 bits per heavy atom. The first kappa shape index (κ1) is 17.7. The standard InChI is InChI=1S/C17H18F2N6O.2H2/c1-17(2,16(26)21-6-4-18)25-13-3-5-20-15(24-13)12-9-23-14-11(12)7-10(19)8-22-14;;/h3,5,7-9H,4,6H2,1-2H3,(H,21,26)(H,22,23)(H,20,24,25);2*1H. The molecule has 3 rings (SSSR count). The van der Waals surface area contributed by atoms with E-state index in [1.54, 1.807) is 26.1 Å². The highest BCUT2D eigenvalue weighted by molar-refractivity contribution is 5.92. The number of pyridine rings is 1. The predicted octanol–water partition coefficient (Wildman–Crippen LogP) is 2.93. The van der Waals surface area contributed by atoms with Crippen molar-refractivity contribution >= 4 is 22.8 Å². The third-order valence-corrected chi connectivity index (χ3v) is 3.78. The number of alkyl halides is 1. The summed E-state index contributed by atoms with van der Waals surface area (Å²) in [5.74, 6) is -0.0466. The molecule has 0 aliphatic heterocycles. The number of H-pyrrole nitrogens is 1. The summed E-state index contributed by atoms with van der Waals surface area (Å²) in [4.78, 5) is 27.6. The van der Waals surface area contributed by atoms with Crippen LogP contribution in [0.4, 0.5) is 14.6 Å². The van der Waals surface area contributed by atoms with Gasteiger partial charge < -0.3 is 15.6 Å². The van der Waals surface area contributed by atoms with E-state index in [2.05, 4.69) is 30.6 Å². The molecule has 0 spiro atoms. The lowest BCUT2D eigenvalue weighted by Gasteiger charge is -2.25. The Bertz CT molecular complexity index is 950. The second-order valence-corrected chi connectivity index (χ2v) is 6.21. The molecule has 0 aromatic carbocycles. The number of hydrogen-bond donors (Lipinski definition) is 3. The van der Waals surface area contributed by atoms with Crippen molar-refractivity contribution < 1.29 is 16.4 Å². The highest BCUT2D eigenvalue weighted by Crippen LogP contribution is 2.26. The maximum Gasteiger partial charge on any atom is 0.245 e. The van der Waals surface area contributed by atoms with Crippen LogP contribution in [-0.4, -0.2) is 44.6 Å². The van der Waals surface area contributed by atoms with Gasteiger partial charge in [0.05, 0.1) is 6.20 Å². The number of carbonyl (C=O) groups is 1. The number of amides is 1. The molecule has 7 nitrogen and oxygen atoms in total. The van der Waals surface area contributed by atoms with Crippen LogP contribution in [0.15, 0.2) is 30.7 Å². The van der Waals surface area contributed by atoms with Gasteiger partial charge >= 0.3 is 0 Å². The Balaban J connectivity index is 0.00000196. The fourth-order valence-corrected chi connectivity index (χ4v) is 2.48. The largest absolute Gasteiger partial charge is 0.356 e. The van der Waals surface area contributed by atoms with Gasteiger partial charge in [-0.15, -0.1) is 0 Å². The van der Waals surface area contributed by atoms with Gasteiger partial charge in [0.2, 0.25) is 5.91 Å². The van der Waals surface area contributed by atoms with Crippen LogP contribution in [0.5, 0.6) is 0 Å².